The summed E-state index contributed by atoms with van der Waals surface area (Å²) in [7, 11) is 1.61. The Morgan fingerprint density at radius 2 is 2.36 bits per heavy atom. The maximum absolute atomic E-state index is 6.06. The molecule has 3 nitrogen and oxygen atoms in total. The molecule has 0 spiro atoms. The van der Waals surface area contributed by atoms with Gasteiger partial charge in [-0.25, -0.2) is 0 Å². The summed E-state index contributed by atoms with van der Waals surface area (Å²) in [6, 6.07) is 3.69. The van der Waals surface area contributed by atoms with E-state index in [0.717, 1.165) is 21.5 Å². The number of aromatic nitrogens is 1. The molecule has 0 radical (unpaired) electrons. The molecule has 1 aromatic heterocycles. The van der Waals surface area contributed by atoms with Crippen LogP contribution < -0.4 is 10.5 Å². The van der Waals surface area contributed by atoms with E-state index in [2.05, 4.69) is 4.37 Å². The molecule has 14 heavy (non-hydrogen) atoms. The Morgan fingerprint density at radius 1 is 1.57 bits per heavy atom. The van der Waals surface area contributed by atoms with Crippen LogP contribution in [0, 0.1) is 0 Å². The highest BCUT2D eigenvalue weighted by Crippen LogP contribution is 2.33. The van der Waals surface area contributed by atoms with E-state index >= 15 is 0 Å². The standard InChI is InChI=1S/C9H9ClN2OS/c1-13-5-2-6-8(4-11)12-14-9(6)7(10)3-5/h2-3H,4,11H2,1H3. The smallest absolute Gasteiger partial charge is 0.121 e. The average molecular weight is 229 g/mol. The van der Waals surface area contributed by atoms with E-state index in [1.165, 1.54) is 11.5 Å². The molecule has 0 aliphatic heterocycles. The van der Waals surface area contributed by atoms with E-state index in [0.29, 0.717) is 11.6 Å². The number of hydrogen-bond donors (Lipinski definition) is 1. The Morgan fingerprint density at radius 3 is 3.00 bits per heavy atom. The molecule has 1 aromatic carbocycles. The zero-order valence-corrected chi connectivity index (χ0v) is 9.15. The Labute approximate surface area is 90.6 Å². The van der Waals surface area contributed by atoms with Gasteiger partial charge in [0, 0.05) is 18.0 Å². The van der Waals surface area contributed by atoms with Gasteiger partial charge in [0.2, 0.25) is 0 Å². The van der Waals surface area contributed by atoms with Crippen LogP contribution in [-0.2, 0) is 6.54 Å². The Bertz CT molecular complexity index is 469. The second kappa shape index (κ2) is 3.73. The van der Waals surface area contributed by atoms with Gasteiger partial charge in [-0.05, 0) is 17.6 Å². The lowest BCUT2D eigenvalue weighted by Gasteiger charge is -2.01. The minimum Gasteiger partial charge on any atom is -0.497 e. The van der Waals surface area contributed by atoms with E-state index in [4.69, 9.17) is 22.1 Å². The maximum atomic E-state index is 6.06. The molecule has 0 atom stereocenters. The quantitative estimate of drug-likeness (QED) is 0.859. The van der Waals surface area contributed by atoms with Crippen LogP contribution in [0.5, 0.6) is 5.75 Å². The van der Waals surface area contributed by atoms with Gasteiger partial charge in [0.05, 0.1) is 22.5 Å². The number of nitrogens with zero attached hydrogens (tertiary/aromatic N) is 1. The molecular weight excluding hydrogens is 220 g/mol. The highest BCUT2D eigenvalue weighted by atomic mass is 35.5. The van der Waals surface area contributed by atoms with Gasteiger partial charge >= 0.3 is 0 Å². The molecule has 0 saturated carbocycles. The molecule has 0 aliphatic carbocycles. The zero-order valence-electron chi connectivity index (χ0n) is 7.58. The molecule has 2 aromatic rings. The van der Waals surface area contributed by atoms with Crippen molar-refractivity contribution in [3.05, 3.63) is 22.8 Å². The lowest BCUT2D eigenvalue weighted by Crippen LogP contribution is -1.96. The average Bonchev–Trinajstić information content (AvgIpc) is 2.61. The molecule has 0 aliphatic rings. The number of fused-ring (bicyclic) bond motifs is 1. The molecule has 5 heteroatoms. The van der Waals surface area contributed by atoms with Crippen molar-refractivity contribution in [2.24, 2.45) is 5.73 Å². The van der Waals surface area contributed by atoms with Crippen molar-refractivity contribution in [3.63, 3.8) is 0 Å². The van der Waals surface area contributed by atoms with Gasteiger partial charge in [-0.2, -0.15) is 4.37 Å². The highest BCUT2D eigenvalue weighted by molar-refractivity contribution is 7.14. The third-order valence-corrected chi connectivity index (χ3v) is 3.35. The minimum absolute atomic E-state index is 0.420. The fourth-order valence-electron chi connectivity index (χ4n) is 1.29. The van der Waals surface area contributed by atoms with Gasteiger partial charge in [0.25, 0.3) is 0 Å². The van der Waals surface area contributed by atoms with Crippen molar-refractivity contribution in [1.82, 2.24) is 4.37 Å². The number of benzene rings is 1. The lowest BCUT2D eigenvalue weighted by atomic mass is 10.2. The lowest BCUT2D eigenvalue weighted by molar-refractivity contribution is 0.415. The molecule has 0 saturated heterocycles. The topological polar surface area (TPSA) is 48.1 Å². The van der Waals surface area contributed by atoms with Crippen molar-refractivity contribution in [1.29, 1.82) is 0 Å². The minimum atomic E-state index is 0.420. The van der Waals surface area contributed by atoms with Crippen LogP contribution in [0.1, 0.15) is 5.69 Å². The number of halogens is 1. The van der Waals surface area contributed by atoms with E-state index in [1.807, 2.05) is 6.07 Å². The highest BCUT2D eigenvalue weighted by Gasteiger charge is 2.09. The largest absolute Gasteiger partial charge is 0.497 e. The summed E-state index contributed by atoms with van der Waals surface area (Å²) in [4.78, 5) is 0. The summed E-state index contributed by atoms with van der Waals surface area (Å²) in [6.07, 6.45) is 0. The normalized spacial score (nSPS) is 10.8. The first-order chi connectivity index (χ1) is 6.76. The van der Waals surface area contributed by atoms with Crippen molar-refractivity contribution >= 4 is 33.2 Å². The van der Waals surface area contributed by atoms with Crippen molar-refractivity contribution in [2.75, 3.05) is 7.11 Å². The third kappa shape index (κ3) is 1.45. The predicted octanol–water partition coefficient (Wildman–Crippen LogP) is 2.42. The first-order valence-electron chi connectivity index (χ1n) is 4.08. The molecule has 0 bridgehead atoms. The fourth-order valence-corrected chi connectivity index (χ4v) is 2.40. The fraction of sp³-hybridized carbons (Fsp3) is 0.222. The van der Waals surface area contributed by atoms with Crippen molar-refractivity contribution in [3.8, 4) is 5.75 Å². The summed E-state index contributed by atoms with van der Waals surface area (Å²) in [5, 5.41) is 1.65. The SMILES string of the molecule is COc1cc(Cl)c2snc(CN)c2c1. The van der Waals surface area contributed by atoms with Gasteiger partial charge in [0.15, 0.2) is 0 Å². The van der Waals surface area contributed by atoms with Crippen LogP contribution in [0.4, 0.5) is 0 Å². The monoisotopic (exact) mass is 228 g/mol. The molecule has 74 valence electrons. The van der Waals surface area contributed by atoms with Crippen LogP contribution in [0.25, 0.3) is 10.1 Å². The molecule has 1 heterocycles. The first-order valence-corrected chi connectivity index (χ1v) is 5.23. The summed E-state index contributed by atoms with van der Waals surface area (Å²) in [6.45, 7) is 0.420. The Hall–Kier alpha value is -0.840. The van der Waals surface area contributed by atoms with Crippen LogP contribution in [0.15, 0.2) is 12.1 Å². The second-order valence-corrected chi connectivity index (χ2v) is 4.00. The molecule has 0 unspecified atom stereocenters. The van der Waals surface area contributed by atoms with Crippen LogP contribution in [0.2, 0.25) is 5.02 Å². The molecule has 2 rings (SSSR count). The van der Waals surface area contributed by atoms with Crippen molar-refractivity contribution in [2.45, 2.75) is 6.54 Å². The Kier molecular flexibility index (Phi) is 2.58. The predicted molar refractivity (Wildman–Crippen MR) is 59.1 cm³/mol. The Balaban J connectivity index is 2.73. The molecule has 0 fully saturated rings. The van der Waals surface area contributed by atoms with Gasteiger partial charge in [-0.3, -0.25) is 0 Å². The first kappa shape index (κ1) is 9.71. The number of hydrogen-bond acceptors (Lipinski definition) is 4. The van der Waals surface area contributed by atoms with Gasteiger partial charge in [0.1, 0.15) is 5.75 Å². The molecule has 0 amide bonds. The van der Waals surface area contributed by atoms with Crippen LogP contribution in [-0.4, -0.2) is 11.5 Å². The van der Waals surface area contributed by atoms with Gasteiger partial charge in [-0.1, -0.05) is 11.6 Å². The van der Waals surface area contributed by atoms with Crippen LogP contribution in [0.3, 0.4) is 0 Å². The summed E-state index contributed by atoms with van der Waals surface area (Å²) >= 11 is 7.43. The van der Waals surface area contributed by atoms with E-state index in [-0.39, 0.29) is 0 Å². The van der Waals surface area contributed by atoms with Gasteiger partial charge < -0.3 is 10.5 Å². The third-order valence-electron chi connectivity index (χ3n) is 2.00. The zero-order chi connectivity index (χ0) is 10.1. The number of ether oxygens (including phenoxy) is 1. The number of methoxy groups -OCH3 is 1. The number of nitrogens with two attached hydrogens (primary N) is 1. The summed E-state index contributed by atoms with van der Waals surface area (Å²) in [5.41, 5.74) is 6.43. The van der Waals surface area contributed by atoms with E-state index < -0.39 is 0 Å². The van der Waals surface area contributed by atoms with Gasteiger partial charge in [-0.15, -0.1) is 0 Å². The molecule has 2 N–H and O–H groups in total. The van der Waals surface area contributed by atoms with Crippen LogP contribution >= 0.6 is 23.1 Å². The van der Waals surface area contributed by atoms with Crippen molar-refractivity contribution < 1.29 is 4.74 Å². The van der Waals surface area contributed by atoms with E-state index in [1.54, 1.807) is 13.2 Å². The second-order valence-electron chi connectivity index (χ2n) is 2.82. The summed E-state index contributed by atoms with van der Waals surface area (Å²) < 4.78 is 10.3. The number of rotatable bonds is 2. The van der Waals surface area contributed by atoms with E-state index in [9.17, 15) is 0 Å². The maximum Gasteiger partial charge on any atom is 0.121 e. The summed E-state index contributed by atoms with van der Waals surface area (Å²) in [5.74, 6) is 0.734. The molecular formula is C9H9ClN2OS.